The molecule has 0 spiro atoms. The summed E-state index contributed by atoms with van der Waals surface area (Å²) in [6, 6.07) is 4.61. The molecule has 0 saturated heterocycles. The van der Waals surface area contributed by atoms with Crippen LogP contribution in [0.5, 0.6) is 0 Å². The molecule has 0 aliphatic heterocycles. The third-order valence-corrected chi connectivity index (χ3v) is 3.89. The first-order valence-corrected chi connectivity index (χ1v) is 7.60. The number of anilines is 2. The van der Waals surface area contributed by atoms with Gasteiger partial charge in [0.15, 0.2) is 0 Å². The van der Waals surface area contributed by atoms with Crippen molar-refractivity contribution in [3.05, 3.63) is 18.3 Å². The third-order valence-electron chi connectivity index (χ3n) is 3.89. The molecule has 0 bridgehead atoms. The minimum Gasteiger partial charge on any atom is -0.367 e. The van der Waals surface area contributed by atoms with Gasteiger partial charge in [0.2, 0.25) is 0 Å². The van der Waals surface area contributed by atoms with Crippen molar-refractivity contribution in [1.82, 2.24) is 10.3 Å². The summed E-state index contributed by atoms with van der Waals surface area (Å²) >= 11 is 0. The predicted molar refractivity (Wildman–Crippen MR) is 79.9 cm³/mol. The minimum absolute atomic E-state index is 0.137. The zero-order chi connectivity index (χ0) is 13.8. The number of hydrogen-bond acceptors (Lipinski definition) is 3. The Morgan fingerprint density at radius 1 is 1.05 bits per heavy atom. The molecule has 1 aromatic rings. The average Bonchev–Trinajstić information content (AvgIpc) is 3.26. The van der Waals surface area contributed by atoms with Crippen LogP contribution in [0.4, 0.5) is 16.3 Å². The molecule has 2 saturated carbocycles. The van der Waals surface area contributed by atoms with Gasteiger partial charge in [0, 0.05) is 12.1 Å². The normalized spacial score (nSPS) is 19.4. The van der Waals surface area contributed by atoms with Gasteiger partial charge in [-0.25, -0.2) is 9.78 Å². The molecule has 0 unspecified atom stereocenters. The lowest BCUT2D eigenvalue weighted by Crippen LogP contribution is -2.30. The highest BCUT2D eigenvalue weighted by molar-refractivity contribution is 5.89. The molecule has 5 heteroatoms. The van der Waals surface area contributed by atoms with E-state index >= 15 is 0 Å². The van der Waals surface area contributed by atoms with Crippen LogP contribution < -0.4 is 16.0 Å². The highest BCUT2D eigenvalue weighted by atomic mass is 16.2. The van der Waals surface area contributed by atoms with E-state index in [1.54, 1.807) is 6.20 Å². The number of carbonyl (C=O) groups is 1. The second kappa shape index (κ2) is 6.11. The van der Waals surface area contributed by atoms with Gasteiger partial charge in [-0.15, -0.1) is 0 Å². The van der Waals surface area contributed by atoms with E-state index in [1.165, 1.54) is 32.1 Å². The van der Waals surface area contributed by atoms with Crippen molar-refractivity contribution in [2.75, 3.05) is 10.6 Å². The Hall–Kier alpha value is -1.78. The van der Waals surface area contributed by atoms with E-state index in [0.29, 0.717) is 12.1 Å². The molecule has 1 heterocycles. The monoisotopic (exact) mass is 274 g/mol. The maximum atomic E-state index is 11.6. The first-order chi connectivity index (χ1) is 9.79. The maximum absolute atomic E-state index is 11.6. The fourth-order valence-electron chi connectivity index (χ4n) is 2.59. The van der Waals surface area contributed by atoms with Gasteiger partial charge in [0.05, 0.1) is 11.9 Å². The fourth-order valence-corrected chi connectivity index (χ4v) is 2.59. The van der Waals surface area contributed by atoms with Gasteiger partial charge in [-0.05, 0) is 37.8 Å². The van der Waals surface area contributed by atoms with Crippen LogP contribution in [-0.2, 0) is 0 Å². The van der Waals surface area contributed by atoms with E-state index in [4.69, 9.17) is 0 Å². The summed E-state index contributed by atoms with van der Waals surface area (Å²) in [5.41, 5.74) is 0.734. The molecule has 20 heavy (non-hydrogen) atoms. The molecule has 0 aromatic carbocycles. The minimum atomic E-state index is -0.137. The number of carbonyl (C=O) groups excluding carboxylic acids is 1. The summed E-state index contributed by atoms with van der Waals surface area (Å²) in [6.45, 7) is 0. The van der Waals surface area contributed by atoms with E-state index < -0.39 is 0 Å². The molecule has 5 nitrogen and oxygen atoms in total. The van der Waals surface area contributed by atoms with Gasteiger partial charge in [0.1, 0.15) is 5.82 Å². The highest BCUT2D eigenvalue weighted by Crippen LogP contribution is 2.21. The van der Waals surface area contributed by atoms with Crippen molar-refractivity contribution in [2.45, 2.75) is 57.0 Å². The van der Waals surface area contributed by atoms with Gasteiger partial charge < -0.3 is 16.0 Å². The lowest BCUT2D eigenvalue weighted by Gasteiger charge is -2.23. The third kappa shape index (κ3) is 3.85. The van der Waals surface area contributed by atoms with Crippen LogP contribution in [0.15, 0.2) is 18.3 Å². The maximum Gasteiger partial charge on any atom is 0.319 e. The van der Waals surface area contributed by atoms with E-state index in [0.717, 1.165) is 24.3 Å². The number of urea groups is 1. The van der Waals surface area contributed by atoms with Crippen LogP contribution in [0.3, 0.4) is 0 Å². The summed E-state index contributed by atoms with van der Waals surface area (Å²) in [4.78, 5) is 16.0. The van der Waals surface area contributed by atoms with E-state index in [2.05, 4.69) is 20.9 Å². The Bertz CT molecular complexity index is 449. The first-order valence-electron chi connectivity index (χ1n) is 7.60. The summed E-state index contributed by atoms with van der Waals surface area (Å²) in [5.74, 6) is 0.894. The molecule has 2 amide bonds. The summed E-state index contributed by atoms with van der Waals surface area (Å²) < 4.78 is 0. The van der Waals surface area contributed by atoms with E-state index in [1.807, 2.05) is 12.1 Å². The first kappa shape index (κ1) is 13.2. The fraction of sp³-hybridized carbons (Fsp3) is 0.600. The van der Waals surface area contributed by atoms with Crippen molar-refractivity contribution >= 4 is 17.5 Å². The molecular weight excluding hydrogens is 252 g/mol. The molecule has 1 aromatic heterocycles. The Morgan fingerprint density at radius 2 is 1.85 bits per heavy atom. The smallest absolute Gasteiger partial charge is 0.319 e. The van der Waals surface area contributed by atoms with Gasteiger partial charge in [-0.1, -0.05) is 19.3 Å². The SMILES string of the molecule is O=C(Nc1ccc(NC2CCCCC2)nc1)NC1CC1. The van der Waals surface area contributed by atoms with E-state index in [9.17, 15) is 4.79 Å². The Balaban J connectivity index is 1.49. The van der Waals surface area contributed by atoms with Crippen molar-refractivity contribution in [1.29, 1.82) is 0 Å². The number of amides is 2. The largest absolute Gasteiger partial charge is 0.367 e. The standard InChI is InChI=1S/C15H22N4O/c20-15(18-12-6-7-12)19-13-8-9-14(16-10-13)17-11-4-2-1-3-5-11/h8-12H,1-7H2,(H,16,17)(H2,18,19,20). The molecule has 108 valence electrons. The summed E-state index contributed by atoms with van der Waals surface area (Å²) in [6.07, 6.45) is 10.3. The van der Waals surface area contributed by atoms with Crippen LogP contribution in [-0.4, -0.2) is 23.1 Å². The lowest BCUT2D eigenvalue weighted by atomic mass is 9.95. The number of nitrogens with one attached hydrogen (secondary N) is 3. The average molecular weight is 274 g/mol. The zero-order valence-electron chi connectivity index (χ0n) is 11.7. The number of nitrogens with zero attached hydrogens (tertiary/aromatic N) is 1. The Morgan fingerprint density at radius 3 is 2.50 bits per heavy atom. The van der Waals surface area contributed by atoms with Gasteiger partial charge in [-0.2, -0.15) is 0 Å². The second-order valence-corrected chi connectivity index (χ2v) is 5.78. The molecule has 2 aliphatic carbocycles. The zero-order valence-corrected chi connectivity index (χ0v) is 11.7. The van der Waals surface area contributed by atoms with Crippen molar-refractivity contribution in [3.63, 3.8) is 0 Å². The number of rotatable bonds is 4. The van der Waals surface area contributed by atoms with Gasteiger partial charge in [0.25, 0.3) is 0 Å². The molecule has 2 aliphatic rings. The molecular formula is C15H22N4O. The molecule has 3 rings (SSSR count). The van der Waals surface area contributed by atoms with Gasteiger partial charge in [-0.3, -0.25) is 0 Å². The predicted octanol–water partition coefficient (Wildman–Crippen LogP) is 3.11. The number of hydrogen-bond donors (Lipinski definition) is 3. The number of aromatic nitrogens is 1. The quantitative estimate of drug-likeness (QED) is 0.790. The van der Waals surface area contributed by atoms with Crippen LogP contribution in [0.2, 0.25) is 0 Å². The number of pyridine rings is 1. The summed E-state index contributed by atoms with van der Waals surface area (Å²) in [5, 5.41) is 9.16. The van der Waals surface area contributed by atoms with Crippen LogP contribution in [0.25, 0.3) is 0 Å². The van der Waals surface area contributed by atoms with Crippen molar-refractivity contribution in [3.8, 4) is 0 Å². The second-order valence-electron chi connectivity index (χ2n) is 5.78. The topological polar surface area (TPSA) is 66.0 Å². The highest BCUT2D eigenvalue weighted by Gasteiger charge is 2.23. The van der Waals surface area contributed by atoms with Crippen molar-refractivity contribution < 1.29 is 4.79 Å². The Labute approximate surface area is 119 Å². The molecule has 2 fully saturated rings. The molecule has 3 N–H and O–H groups in total. The van der Waals surface area contributed by atoms with Crippen LogP contribution in [0, 0.1) is 0 Å². The van der Waals surface area contributed by atoms with Crippen LogP contribution in [0.1, 0.15) is 44.9 Å². The molecule has 0 atom stereocenters. The lowest BCUT2D eigenvalue weighted by molar-refractivity contribution is 0.251. The molecule has 0 radical (unpaired) electrons. The van der Waals surface area contributed by atoms with E-state index in [-0.39, 0.29) is 6.03 Å². The summed E-state index contributed by atoms with van der Waals surface area (Å²) in [7, 11) is 0. The van der Waals surface area contributed by atoms with Crippen LogP contribution >= 0.6 is 0 Å². The Kier molecular flexibility index (Phi) is 4.04. The van der Waals surface area contributed by atoms with Gasteiger partial charge >= 0.3 is 6.03 Å². The van der Waals surface area contributed by atoms with Crippen molar-refractivity contribution in [2.24, 2.45) is 0 Å².